The number of nitrogens with zero attached hydrogens (tertiary/aromatic N) is 3. The minimum absolute atomic E-state index is 0.150. The van der Waals surface area contributed by atoms with E-state index in [-0.39, 0.29) is 5.91 Å². The number of carbonyl (C=O) groups is 1. The van der Waals surface area contributed by atoms with E-state index in [2.05, 4.69) is 16.4 Å². The van der Waals surface area contributed by atoms with Crippen LogP contribution in [0.5, 0.6) is 0 Å². The topological polar surface area (TPSA) is 46.1 Å². The van der Waals surface area contributed by atoms with E-state index in [0.717, 1.165) is 53.9 Å². The molecular weight excluding hydrogens is 354 g/mol. The Morgan fingerprint density at radius 3 is 2.41 bits per heavy atom. The maximum atomic E-state index is 12.8. The van der Waals surface area contributed by atoms with Crippen molar-refractivity contribution in [2.24, 2.45) is 0 Å². The molecule has 1 saturated heterocycles. The summed E-state index contributed by atoms with van der Waals surface area (Å²) >= 11 is 1.73. The minimum Gasteiger partial charge on any atom is -0.339 e. The number of hydrogen-bond acceptors (Lipinski definition) is 4. The molecule has 4 nitrogen and oxygen atoms in total. The zero-order valence-corrected chi connectivity index (χ0v) is 16.5. The summed E-state index contributed by atoms with van der Waals surface area (Å²) in [6.45, 7) is 5.67. The number of pyridine rings is 1. The van der Waals surface area contributed by atoms with E-state index in [0.29, 0.717) is 5.92 Å². The number of thiazole rings is 1. The molecule has 27 heavy (non-hydrogen) atoms. The number of likely N-dealkylation sites (tertiary alicyclic amines) is 1. The molecule has 0 spiro atoms. The summed E-state index contributed by atoms with van der Waals surface area (Å²) in [6.07, 6.45) is 5.54. The van der Waals surface area contributed by atoms with Gasteiger partial charge in [-0.05, 0) is 51.0 Å². The van der Waals surface area contributed by atoms with Crippen LogP contribution in [0, 0.1) is 13.8 Å². The highest BCUT2D eigenvalue weighted by molar-refractivity contribution is 7.10. The van der Waals surface area contributed by atoms with E-state index < -0.39 is 0 Å². The molecule has 138 valence electrons. The van der Waals surface area contributed by atoms with E-state index in [4.69, 9.17) is 4.98 Å². The van der Waals surface area contributed by atoms with E-state index in [1.54, 1.807) is 23.7 Å². The van der Waals surface area contributed by atoms with Crippen LogP contribution < -0.4 is 0 Å². The lowest BCUT2D eigenvalue weighted by Gasteiger charge is -2.31. The Balaban J connectivity index is 1.42. The Morgan fingerprint density at radius 1 is 1.07 bits per heavy atom. The summed E-state index contributed by atoms with van der Waals surface area (Å²) < 4.78 is 0. The Kier molecular flexibility index (Phi) is 5.03. The zero-order chi connectivity index (χ0) is 18.8. The highest BCUT2D eigenvalue weighted by Gasteiger charge is 2.26. The number of rotatable bonds is 3. The van der Waals surface area contributed by atoms with Crippen LogP contribution in [-0.2, 0) is 0 Å². The van der Waals surface area contributed by atoms with Crippen LogP contribution in [0.2, 0.25) is 0 Å². The van der Waals surface area contributed by atoms with Crippen molar-refractivity contribution in [3.63, 3.8) is 0 Å². The lowest BCUT2D eigenvalue weighted by Crippen LogP contribution is -2.38. The second kappa shape index (κ2) is 7.61. The molecule has 3 heterocycles. The zero-order valence-electron chi connectivity index (χ0n) is 15.7. The average Bonchev–Trinajstić information content (AvgIpc) is 3.18. The van der Waals surface area contributed by atoms with Crippen molar-refractivity contribution in [3.8, 4) is 11.3 Å². The predicted molar refractivity (Wildman–Crippen MR) is 109 cm³/mol. The van der Waals surface area contributed by atoms with Crippen molar-refractivity contribution in [3.05, 3.63) is 69.8 Å². The van der Waals surface area contributed by atoms with Crippen molar-refractivity contribution in [2.45, 2.75) is 32.6 Å². The van der Waals surface area contributed by atoms with Gasteiger partial charge in [-0.3, -0.25) is 9.78 Å². The summed E-state index contributed by atoms with van der Waals surface area (Å²) in [7, 11) is 0. The van der Waals surface area contributed by atoms with Crippen molar-refractivity contribution in [1.82, 2.24) is 14.9 Å². The first-order chi connectivity index (χ1) is 13.1. The molecule has 5 heteroatoms. The standard InChI is InChI=1S/C22H23N3OS/c1-15-11-16(2)13-19(12-15)22(26)25-9-5-18(6-10-25)21-24-20(14-27-21)17-3-7-23-8-4-17/h3-4,7-8,11-14,18H,5-6,9-10H2,1-2H3. The van der Waals surface area contributed by atoms with Gasteiger partial charge in [-0.2, -0.15) is 0 Å². The molecule has 1 aliphatic rings. The third-order valence-electron chi connectivity index (χ3n) is 5.10. The van der Waals surface area contributed by atoms with E-state index in [1.165, 1.54) is 5.01 Å². The van der Waals surface area contributed by atoms with Gasteiger partial charge in [0.25, 0.3) is 5.91 Å². The lowest BCUT2D eigenvalue weighted by atomic mass is 9.96. The number of carbonyl (C=O) groups excluding carboxylic acids is 1. The van der Waals surface area contributed by atoms with Gasteiger partial charge in [-0.25, -0.2) is 4.98 Å². The highest BCUT2D eigenvalue weighted by Crippen LogP contribution is 2.33. The van der Waals surface area contributed by atoms with Gasteiger partial charge in [0.1, 0.15) is 0 Å². The van der Waals surface area contributed by atoms with Gasteiger partial charge in [0.15, 0.2) is 0 Å². The molecule has 2 aromatic heterocycles. The average molecular weight is 378 g/mol. The van der Waals surface area contributed by atoms with Crippen LogP contribution in [-0.4, -0.2) is 33.9 Å². The van der Waals surface area contributed by atoms with E-state index in [1.807, 2.05) is 43.0 Å². The van der Waals surface area contributed by atoms with Gasteiger partial charge in [0, 0.05) is 47.9 Å². The normalized spacial score (nSPS) is 15.1. The van der Waals surface area contributed by atoms with Gasteiger partial charge >= 0.3 is 0 Å². The predicted octanol–water partition coefficient (Wildman–Crippen LogP) is 4.84. The summed E-state index contributed by atoms with van der Waals surface area (Å²) in [5.74, 6) is 0.589. The number of amides is 1. The molecule has 0 radical (unpaired) electrons. The second-order valence-corrected chi connectivity index (χ2v) is 8.14. The molecule has 0 unspecified atom stereocenters. The Hall–Kier alpha value is -2.53. The monoisotopic (exact) mass is 377 g/mol. The quantitative estimate of drug-likeness (QED) is 0.656. The molecule has 0 atom stereocenters. The Bertz CT molecular complexity index is 923. The lowest BCUT2D eigenvalue weighted by molar-refractivity contribution is 0.0712. The van der Waals surface area contributed by atoms with E-state index >= 15 is 0 Å². The van der Waals surface area contributed by atoms with Crippen LogP contribution in [0.3, 0.4) is 0 Å². The number of aryl methyl sites for hydroxylation is 2. The van der Waals surface area contributed by atoms with Crippen LogP contribution in [0.4, 0.5) is 0 Å². The molecule has 1 fully saturated rings. The first-order valence-electron chi connectivity index (χ1n) is 9.33. The van der Waals surface area contributed by atoms with Gasteiger partial charge in [0.2, 0.25) is 0 Å². The molecular formula is C22H23N3OS. The molecule has 1 amide bonds. The van der Waals surface area contributed by atoms with Crippen LogP contribution in [0.15, 0.2) is 48.1 Å². The first-order valence-corrected chi connectivity index (χ1v) is 10.2. The third kappa shape index (κ3) is 3.93. The van der Waals surface area contributed by atoms with Crippen LogP contribution in [0.25, 0.3) is 11.3 Å². The molecule has 0 aliphatic carbocycles. The molecule has 0 saturated carbocycles. The molecule has 0 N–H and O–H groups in total. The van der Waals surface area contributed by atoms with Crippen molar-refractivity contribution in [1.29, 1.82) is 0 Å². The number of benzene rings is 1. The van der Waals surface area contributed by atoms with Crippen molar-refractivity contribution < 1.29 is 4.79 Å². The molecule has 4 rings (SSSR count). The van der Waals surface area contributed by atoms with Crippen LogP contribution in [0.1, 0.15) is 45.3 Å². The van der Waals surface area contributed by atoms with Crippen molar-refractivity contribution >= 4 is 17.2 Å². The number of aromatic nitrogens is 2. The maximum Gasteiger partial charge on any atom is 0.253 e. The fourth-order valence-electron chi connectivity index (χ4n) is 3.74. The van der Waals surface area contributed by atoms with Crippen LogP contribution >= 0.6 is 11.3 Å². The SMILES string of the molecule is Cc1cc(C)cc(C(=O)N2CCC(c3nc(-c4ccncc4)cs3)CC2)c1. The Morgan fingerprint density at radius 2 is 1.74 bits per heavy atom. The first kappa shape index (κ1) is 17.9. The fourth-order valence-corrected chi connectivity index (χ4v) is 4.74. The third-order valence-corrected chi connectivity index (χ3v) is 6.11. The number of hydrogen-bond donors (Lipinski definition) is 0. The molecule has 3 aromatic rings. The summed E-state index contributed by atoms with van der Waals surface area (Å²) in [5, 5.41) is 3.30. The largest absolute Gasteiger partial charge is 0.339 e. The molecule has 0 bridgehead atoms. The van der Waals surface area contributed by atoms with Gasteiger partial charge in [0.05, 0.1) is 10.7 Å². The van der Waals surface area contributed by atoms with Gasteiger partial charge in [-0.15, -0.1) is 11.3 Å². The summed E-state index contributed by atoms with van der Waals surface area (Å²) in [4.78, 5) is 23.7. The van der Waals surface area contributed by atoms with Gasteiger partial charge in [-0.1, -0.05) is 17.2 Å². The molecule has 1 aromatic carbocycles. The van der Waals surface area contributed by atoms with Gasteiger partial charge < -0.3 is 4.90 Å². The Labute approximate surface area is 163 Å². The smallest absolute Gasteiger partial charge is 0.253 e. The number of piperidine rings is 1. The van der Waals surface area contributed by atoms with E-state index in [9.17, 15) is 4.79 Å². The van der Waals surface area contributed by atoms with Crippen molar-refractivity contribution in [2.75, 3.05) is 13.1 Å². The fraction of sp³-hybridized carbons (Fsp3) is 0.318. The molecule has 1 aliphatic heterocycles. The summed E-state index contributed by atoms with van der Waals surface area (Å²) in [5.41, 5.74) is 5.21. The maximum absolute atomic E-state index is 12.8. The minimum atomic E-state index is 0.150. The summed E-state index contributed by atoms with van der Waals surface area (Å²) in [6, 6.07) is 10.1. The highest BCUT2D eigenvalue weighted by atomic mass is 32.1. The second-order valence-electron chi connectivity index (χ2n) is 7.25.